The van der Waals surface area contributed by atoms with E-state index in [0.29, 0.717) is 27.7 Å². The fourth-order valence-electron chi connectivity index (χ4n) is 2.71. The van der Waals surface area contributed by atoms with E-state index in [4.69, 9.17) is 28.2 Å². The van der Waals surface area contributed by atoms with E-state index in [1.807, 2.05) is 31.2 Å². The van der Waals surface area contributed by atoms with Crippen molar-refractivity contribution in [1.29, 1.82) is 0 Å². The first kappa shape index (κ1) is 19.0. The van der Waals surface area contributed by atoms with Crippen LogP contribution in [-0.2, 0) is 0 Å². The van der Waals surface area contributed by atoms with Gasteiger partial charge in [0.2, 0.25) is 5.89 Å². The van der Waals surface area contributed by atoms with Crippen LogP contribution in [0, 0.1) is 6.92 Å². The molecular formula is C21H15ClN4O2S. The average molecular weight is 423 g/mol. The number of fused-ring (bicyclic) bond motifs is 1. The number of nitrogens with zero attached hydrogens (tertiary/aromatic N) is 2. The number of aryl methyl sites for hydroxylation is 1. The number of hydrogen-bond donors (Lipinski definition) is 2. The summed E-state index contributed by atoms with van der Waals surface area (Å²) < 4.78 is 5.77. The predicted molar refractivity (Wildman–Crippen MR) is 117 cm³/mol. The molecule has 0 fully saturated rings. The Bertz CT molecular complexity index is 1190. The van der Waals surface area contributed by atoms with E-state index < -0.39 is 0 Å². The minimum absolute atomic E-state index is 0.185. The summed E-state index contributed by atoms with van der Waals surface area (Å²) in [6.07, 6.45) is 1.67. The van der Waals surface area contributed by atoms with Crippen LogP contribution in [0.4, 0.5) is 5.69 Å². The van der Waals surface area contributed by atoms with Crippen molar-refractivity contribution in [2.45, 2.75) is 6.92 Å². The molecular weight excluding hydrogens is 408 g/mol. The van der Waals surface area contributed by atoms with Crippen LogP contribution in [0.1, 0.15) is 15.9 Å². The quantitative estimate of drug-likeness (QED) is 0.453. The summed E-state index contributed by atoms with van der Waals surface area (Å²) in [4.78, 5) is 20.9. The zero-order valence-electron chi connectivity index (χ0n) is 15.3. The van der Waals surface area contributed by atoms with Crippen molar-refractivity contribution in [2.75, 3.05) is 5.32 Å². The minimum atomic E-state index is -0.321. The van der Waals surface area contributed by atoms with Gasteiger partial charge in [-0.25, -0.2) is 4.98 Å². The Labute approximate surface area is 176 Å². The number of aromatic nitrogens is 2. The van der Waals surface area contributed by atoms with Crippen LogP contribution < -0.4 is 10.6 Å². The number of amides is 1. The van der Waals surface area contributed by atoms with E-state index in [9.17, 15) is 4.79 Å². The van der Waals surface area contributed by atoms with Crippen molar-refractivity contribution in [3.8, 4) is 11.5 Å². The molecule has 8 heteroatoms. The van der Waals surface area contributed by atoms with Crippen molar-refractivity contribution < 1.29 is 9.21 Å². The summed E-state index contributed by atoms with van der Waals surface area (Å²) >= 11 is 11.1. The number of pyridine rings is 1. The molecule has 4 rings (SSSR count). The van der Waals surface area contributed by atoms with Gasteiger partial charge in [-0.3, -0.25) is 10.1 Å². The lowest BCUT2D eigenvalue weighted by molar-refractivity contribution is 0.0977. The molecule has 0 spiro atoms. The Morgan fingerprint density at radius 1 is 1.14 bits per heavy atom. The third kappa shape index (κ3) is 4.26. The lowest BCUT2D eigenvalue weighted by Gasteiger charge is -2.12. The lowest BCUT2D eigenvalue weighted by Crippen LogP contribution is -2.34. The van der Waals surface area contributed by atoms with Crippen molar-refractivity contribution >= 4 is 51.8 Å². The molecule has 0 saturated carbocycles. The van der Waals surface area contributed by atoms with Crippen LogP contribution in [0.2, 0.25) is 5.02 Å². The molecule has 0 unspecified atom stereocenters. The van der Waals surface area contributed by atoms with E-state index in [2.05, 4.69) is 20.6 Å². The molecule has 2 aromatic heterocycles. The van der Waals surface area contributed by atoms with Crippen LogP contribution in [-0.4, -0.2) is 21.0 Å². The highest BCUT2D eigenvalue weighted by atomic mass is 35.5. The monoisotopic (exact) mass is 422 g/mol. The molecule has 144 valence electrons. The Balaban J connectivity index is 1.52. The van der Waals surface area contributed by atoms with E-state index in [1.165, 1.54) is 0 Å². The van der Waals surface area contributed by atoms with Crippen molar-refractivity contribution in [3.05, 3.63) is 76.9 Å². The molecule has 4 aromatic rings. The Morgan fingerprint density at radius 3 is 2.69 bits per heavy atom. The van der Waals surface area contributed by atoms with Crippen LogP contribution in [0.3, 0.4) is 0 Å². The average Bonchev–Trinajstić information content (AvgIpc) is 3.14. The van der Waals surface area contributed by atoms with Gasteiger partial charge in [0, 0.05) is 28.0 Å². The maximum atomic E-state index is 12.3. The maximum Gasteiger partial charge on any atom is 0.257 e. The molecule has 1 amide bonds. The second-order valence-corrected chi connectivity index (χ2v) is 7.13. The van der Waals surface area contributed by atoms with Gasteiger partial charge in [-0.05, 0) is 73.2 Å². The molecule has 6 nitrogen and oxygen atoms in total. The number of halogens is 1. The molecule has 2 heterocycles. The lowest BCUT2D eigenvalue weighted by atomic mass is 10.1. The van der Waals surface area contributed by atoms with Crippen molar-refractivity contribution in [2.24, 2.45) is 0 Å². The first-order valence-corrected chi connectivity index (χ1v) is 9.49. The number of carbonyl (C=O) groups is 1. The summed E-state index contributed by atoms with van der Waals surface area (Å²) in [5, 5.41) is 6.46. The summed E-state index contributed by atoms with van der Waals surface area (Å²) in [7, 11) is 0. The highest BCUT2D eigenvalue weighted by Crippen LogP contribution is 2.27. The summed E-state index contributed by atoms with van der Waals surface area (Å²) in [5.41, 5.74) is 4.07. The molecule has 0 saturated heterocycles. The second-order valence-electron chi connectivity index (χ2n) is 6.29. The predicted octanol–water partition coefficient (Wildman–Crippen LogP) is 4.98. The number of nitrogens with one attached hydrogen (secondary N) is 2. The first-order valence-electron chi connectivity index (χ1n) is 8.70. The smallest absolute Gasteiger partial charge is 0.257 e. The zero-order chi connectivity index (χ0) is 20.4. The van der Waals surface area contributed by atoms with Gasteiger partial charge in [-0.2, -0.15) is 4.98 Å². The number of rotatable bonds is 3. The van der Waals surface area contributed by atoms with Crippen LogP contribution in [0.5, 0.6) is 0 Å². The van der Waals surface area contributed by atoms with Crippen LogP contribution in [0.15, 0.2) is 65.2 Å². The summed E-state index contributed by atoms with van der Waals surface area (Å²) in [6.45, 7) is 1.93. The van der Waals surface area contributed by atoms with Gasteiger partial charge in [0.25, 0.3) is 5.91 Å². The maximum absolute atomic E-state index is 12.3. The molecule has 0 atom stereocenters. The molecule has 29 heavy (non-hydrogen) atoms. The van der Waals surface area contributed by atoms with Crippen LogP contribution in [0.25, 0.3) is 22.7 Å². The minimum Gasteiger partial charge on any atom is -0.434 e. The van der Waals surface area contributed by atoms with Gasteiger partial charge in [-0.1, -0.05) is 17.7 Å². The third-order valence-corrected chi connectivity index (χ3v) is 4.69. The van der Waals surface area contributed by atoms with E-state index in [1.54, 1.807) is 36.5 Å². The highest BCUT2D eigenvalue weighted by Gasteiger charge is 2.12. The number of carbonyl (C=O) groups excluding carboxylic acids is 1. The van der Waals surface area contributed by atoms with Crippen LogP contribution >= 0.6 is 23.8 Å². The standard InChI is InChI=1S/C21H15ClN4O2S/c1-12-4-5-14(20-25-18-17(28-20)3-2-10-23-18)11-16(12)24-21(29)26-19(27)13-6-8-15(22)9-7-13/h2-11H,1H3,(H2,24,26,27,29). The van der Waals surface area contributed by atoms with Crippen molar-refractivity contribution in [3.63, 3.8) is 0 Å². The number of oxazole rings is 1. The third-order valence-electron chi connectivity index (χ3n) is 4.23. The molecule has 0 radical (unpaired) electrons. The van der Waals surface area contributed by atoms with Gasteiger partial charge < -0.3 is 9.73 Å². The molecule has 0 aliphatic heterocycles. The van der Waals surface area contributed by atoms with Gasteiger partial charge >= 0.3 is 0 Å². The molecule has 0 aliphatic carbocycles. The number of hydrogen-bond acceptors (Lipinski definition) is 5. The highest BCUT2D eigenvalue weighted by molar-refractivity contribution is 7.80. The molecule has 0 bridgehead atoms. The molecule has 2 N–H and O–H groups in total. The Hall–Kier alpha value is -3.29. The summed E-state index contributed by atoms with van der Waals surface area (Å²) in [5.74, 6) is 0.135. The first-order chi connectivity index (χ1) is 14.0. The number of anilines is 1. The van der Waals surface area contributed by atoms with Gasteiger partial charge in [-0.15, -0.1) is 0 Å². The van der Waals surface area contributed by atoms with E-state index in [-0.39, 0.29) is 11.0 Å². The zero-order valence-corrected chi connectivity index (χ0v) is 16.8. The second kappa shape index (κ2) is 7.98. The Kier molecular flexibility index (Phi) is 5.24. The molecule has 2 aromatic carbocycles. The normalized spacial score (nSPS) is 10.7. The van der Waals surface area contributed by atoms with Crippen molar-refractivity contribution in [1.82, 2.24) is 15.3 Å². The van der Waals surface area contributed by atoms with Gasteiger partial charge in [0.15, 0.2) is 16.3 Å². The van der Waals surface area contributed by atoms with E-state index >= 15 is 0 Å². The fourth-order valence-corrected chi connectivity index (χ4v) is 3.04. The number of thiocarbonyl (C=S) groups is 1. The molecule has 0 aliphatic rings. The van der Waals surface area contributed by atoms with Gasteiger partial charge in [0.05, 0.1) is 0 Å². The SMILES string of the molecule is Cc1ccc(-c2nc3ncccc3o2)cc1NC(=S)NC(=O)c1ccc(Cl)cc1. The largest absolute Gasteiger partial charge is 0.434 e. The summed E-state index contributed by atoms with van der Waals surface area (Å²) in [6, 6.07) is 15.9. The van der Waals surface area contributed by atoms with Gasteiger partial charge in [0.1, 0.15) is 0 Å². The number of benzene rings is 2. The fraction of sp³-hybridized carbons (Fsp3) is 0.0476. The topological polar surface area (TPSA) is 80.1 Å². The Morgan fingerprint density at radius 2 is 1.93 bits per heavy atom. The van der Waals surface area contributed by atoms with E-state index in [0.717, 1.165) is 16.8 Å².